The number of carboxylic acids is 1. The Balaban J connectivity index is 2.75. The van der Waals surface area contributed by atoms with E-state index < -0.39 is 42.3 Å². The lowest BCUT2D eigenvalue weighted by Crippen LogP contribution is -2.42. The topological polar surface area (TPSA) is 66.4 Å². The number of halogens is 4. The Kier molecular flexibility index (Phi) is 5.90. The van der Waals surface area contributed by atoms with Gasteiger partial charge in [0.25, 0.3) is 0 Å². The van der Waals surface area contributed by atoms with Crippen LogP contribution in [0, 0.1) is 0 Å². The minimum atomic E-state index is -4.49. The maximum absolute atomic E-state index is 12.6. The van der Waals surface area contributed by atoms with Gasteiger partial charge in [0, 0.05) is 6.42 Å². The van der Waals surface area contributed by atoms with Crippen LogP contribution in [0.2, 0.25) is 0 Å². The average molecular weight is 321 g/mol. The molecule has 0 bridgehead atoms. The van der Waals surface area contributed by atoms with Crippen molar-refractivity contribution in [1.29, 1.82) is 0 Å². The number of alkyl halides is 4. The molecule has 1 rings (SSSR count). The van der Waals surface area contributed by atoms with Crippen LogP contribution in [0.15, 0.2) is 24.3 Å². The Morgan fingerprint density at radius 2 is 1.95 bits per heavy atom. The molecule has 0 aliphatic heterocycles. The SMILES string of the molecule is CC(CC(=O)NC(CF)C(=O)O)c1cccc(C(F)(F)F)c1. The molecule has 0 aromatic heterocycles. The van der Waals surface area contributed by atoms with E-state index in [0.29, 0.717) is 0 Å². The number of carboxylic acid groups (broad SMARTS) is 1. The molecular weight excluding hydrogens is 306 g/mol. The summed E-state index contributed by atoms with van der Waals surface area (Å²) < 4.78 is 50.2. The number of carbonyl (C=O) groups excluding carboxylic acids is 1. The monoisotopic (exact) mass is 321 g/mol. The maximum Gasteiger partial charge on any atom is 0.416 e. The summed E-state index contributed by atoms with van der Waals surface area (Å²) in [6.45, 7) is 0.263. The Bertz CT molecular complexity index is 545. The van der Waals surface area contributed by atoms with Crippen LogP contribution in [0.25, 0.3) is 0 Å². The van der Waals surface area contributed by atoms with Gasteiger partial charge in [-0.15, -0.1) is 0 Å². The number of rotatable bonds is 6. The highest BCUT2D eigenvalue weighted by Gasteiger charge is 2.31. The maximum atomic E-state index is 12.6. The molecular formula is C14H15F4NO3. The van der Waals surface area contributed by atoms with E-state index in [2.05, 4.69) is 0 Å². The summed E-state index contributed by atoms with van der Waals surface area (Å²) in [5.41, 5.74) is -0.540. The van der Waals surface area contributed by atoms with E-state index in [1.807, 2.05) is 5.32 Å². The number of aliphatic carboxylic acids is 1. The molecule has 4 nitrogen and oxygen atoms in total. The molecule has 0 aliphatic carbocycles. The van der Waals surface area contributed by atoms with Crippen LogP contribution in [0.3, 0.4) is 0 Å². The minimum Gasteiger partial charge on any atom is -0.480 e. The lowest BCUT2D eigenvalue weighted by molar-refractivity contribution is -0.142. The number of hydrogen-bond donors (Lipinski definition) is 2. The van der Waals surface area contributed by atoms with Crippen LogP contribution in [-0.2, 0) is 15.8 Å². The standard InChI is InChI=1S/C14H15F4NO3/c1-8(5-12(20)19-11(7-15)13(21)22)9-3-2-4-10(6-9)14(16,17)18/h2-4,6,8,11H,5,7H2,1H3,(H,19,20)(H,21,22). The molecule has 0 heterocycles. The van der Waals surface area contributed by atoms with E-state index in [1.54, 1.807) is 0 Å². The summed E-state index contributed by atoms with van der Waals surface area (Å²) in [5, 5.41) is 10.6. The van der Waals surface area contributed by atoms with Crippen LogP contribution in [-0.4, -0.2) is 29.7 Å². The first-order valence-corrected chi connectivity index (χ1v) is 6.40. The summed E-state index contributed by atoms with van der Waals surface area (Å²) in [6.07, 6.45) is -4.73. The van der Waals surface area contributed by atoms with Gasteiger partial charge in [0.1, 0.15) is 6.67 Å². The normalized spacial score (nSPS) is 14.2. The van der Waals surface area contributed by atoms with Crippen LogP contribution >= 0.6 is 0 Å². The molecule has 1 aromatic carbocycles. The molecule has 8 heteroatoms. The van der Waals surface area contributed by atoms with Crippen molar-refractivity contribution in [1.82, 2.24) is 5.32 Å². The largest absolute Gasteiger partial charge is 0.480 e. The number of benzene rings is 1. The Morgan fingerprint density at radius 1 is 1.32 bits per heavy atom. The predicted octanol–water partition coefficient (Wildman–Crippen LogP) is 2.74. The summed E-state index contributed by atoms with van der Waals surface area (Å²) in [7, 11) is 0. The second kappa shape index (κ2) is 7.24. The Morgan fingerprint density at radius 3 is 2.45 bits per heavy atom. The van der Waals surface area contributed by atoms with Gasteiger partial charge in [0.15, 0.2) is 6.04 Å². The minimum absolute atomic E-state index is 0.245. The van der Waals surface area contributed by atoms with Gasteiger partial charge in [-0.25, -0.2) is 9.18 Å². The van der Waals surface area contributed by atoms with Crippen LogP contribution < -0.4 is 5.32 Å². The third kappa shape index (κ3) is 5.01. The molecule has 122 valence electrons. The van der Waals surface area contributed by atoms with Crippen LogP contribution in [0.5, 0.6) is 0 Å². The second-order valence-electron chi connectivity index (χ2n) is 4.84. The highest BCUT2D eigenvalue weighted by atomic mass is 19.4. The Labute approximate surface area is 124 Å². The molecule has 2 atom stereocenters. The van der Waals surface area contributed by atoms with Crippen LogP contribution in [0.1, 0.15) is 30.4 Å². The first-order valence-electron chi connectivity index (χ1n) is 6.40. The van der Waals surface area contributed by atoms with Gasteiger partial charge in [-0.2, -0.15) is 13.2 Å². The number of hydrogen-bond acceptors (Lipinski definition) is 2. The molecule has 0 saturated heterocycles. The molecule has 2 N–H and O–H groups in total. The smallest absolute Gasteiger partial charge is 0.416 e. The fourth-order valence-electron chi connectivity index (χ4n) is 1.84. The highest BCUT2D eigenvalue weighted by Crippen LogP contribution is 2.31. The Hall–Kier alpha value is -2.12. The van der Waals surface area contributed by atoms with E-state index >= 15 is 0 Å². The van der Waals surface area contributed by atoms with Gasteiger partial charge in [0.05, 0.1) is 5.56 Å². The third-order valence-electron chi connectivity index (χ3n) is 3.06. The summed E-state index contributed by atoms with van der Waals surface area (Å²) in [5.74, 6) is -2.83. The first-order chi connectivity index (χ1) is 10.1. The van der Waals surface area contributed by atoms with E-state index in [1.165, 1.54) is 19.1 Å². The van der Waals surface area contributed by atoms with Gasteiger partial charge in [-0.1, -0.05) is 25.1 Å². The molecule has 22 heavy (non-hydrogen) atoms. The molecule has 0 radical (unpaired) electrons. The lowest BCUT2D eigenvalue weighted by Gasteiger charge is -2.16. The number of nitrogens with one attached hydrogen (secondary N) is 1. The molecule has 0 aliphatic rings. The van der Waals surface area contributed by atoms with Gasteiger partial charge < -0.3 is 10.4 Å². The lowest BCUT2D eigenvalue weighted by atomic mass is 9.95. The zero-order valence-electron chi connectivity index (χ0n) is 11.7. The third-order valence-corrected chi connectivity index (χ3v) is 3.06. The quantitative estimate of drug-likeness (QED) is 0.792. The molecule has 0 saturated carbocycles. The fourth-order valence-corrected chi connectivity index (χ4v) is 1.84. The zero-order chi connectivity index (χ0) is 16.9. The second-order valence-corrected chi connectivity index (χ2v) is 4.84. The molecule has 0 fully saturated rings. The molecule has 0 spiro atoms. The summed E-state index contributed by atoms with van der Waals surface area (Å²) in [4.78, 5) is 22.2. The average Bonchev–Trinajstić information content (AvgIpc) is 2.43. The van der Waals surface area contributed by atoms with E-state index in [9.17, 15) is 27.2 Å². The van der Waals surface area contributed by atoms with E-state index in [4.69, 9.17) is 5.11 Å². The zero-order valence-corrected chi connectivity index (χ0v) is 11.7. The van der Waals surface area contributed by atoms with Crippen LogP contribution in [0.4, 0.5) is 17.6 Å². The number of carbonyl (C=O) groups is 2. The molecule has 2 unspecified atom stereocenters. The fraction of sp³-hybridized carbons (Fsp3) is 0.429. The molecule has 1 amide bonds. The van der Waals surface area contributed by atoms with Gasteiger partial charge >= 0.3 is 12.1 Å². The van der Waals surface area contributed by atoms with Crippen molar-refractivity contribution in [3.05, 3.63) is 35.4 Å². The summed E-state index contributed by atoms with van der Waals surface area (Å²) in [6, 6.07) is 2.87. The van der Waals surface area contributed by atoms with Crippen molar-refractivity contribution >= 4 is 11.9 Å². The van der Waals surface area contributed by atoms with Gasteiger partial charge in [0.2, 0.25) is 5.91 Å². The van der Waals surface area contributed by atoms with Gasteiger partial charge in [-0.3, -0.25) is 4.79 Å². The van der Waals surface area contributed by atoms with Crippen molar-refractivity contribution in [3.8, 4) is 0 Å². The molecule has 1 aromatic rings. The summed E-state index contributed by atoms with van der Waals surface area (Å²) >= 11 is 0. The van der Waals surface area contributed by atoms with Gasteiger partial charge in [-0.05, 0) is 17.5 Å². The van der Waals surface area contributed by atoms with Crippen molar-refractivity contribution in [2.75, 3.05) is 6.67 Å². The highest BCUT2D eigenvalue weighted by molar-refractivity contribution is 5.84. The van der Waals surface area contributed by atoms with Crippen molar-refractivity contribution < 1.29 is 32.3 Å². The van der Waals surface area contributed by atoms with E-state index in [-0.39, 0.29) is 12.0 Å². The first kappa shape index (κ1) is 17.9. The number of amides is 1. The predicted molar refractivity (Wildman–Crippen MR) is 70.0 cm³/mol. The van der Waals surface area contributed by atoms with Crippen molar-refractivity contribution in [2.24, 2.45) is 0 Å². The van der Waals surface area contributed by atoms with E-state index in [0.717, 1.165) is 12.1 Å². The van der Waals surface area contributed by atoms with Crippen molar-refractivity contribution in [3.63, 3.8) is 0 Å². The van der Waals surface area contributed by atoms with Crippen molar-refractivity contribution in [2.45, 2.75) is 31.5 Å².